The van der Waals surface area contributed by atoms with Crippen molar-refractivity contribution in [3.63, 3.8) is 0 Å². The molecule has 2 aromatic rings. The number of para-hydroxylation sites is 2. The number of likely N-dealkylation sites (N-methyl/N-ethyl adjacent to an activating group) is 1. The number of imidazole rings is 1. The molecule has 1 saturated heterocycles. The summed E-state index contributed by atoms with van der Waals surface area (Å²) in [5.74, 6) is -0.243. The van der Waals surface area contributed by atoms with E-state index in [1.54, 1.807) is 23.6 Å². The first-order chi connectivity index (χ1) is 12.0. The van der Waals surface area contributed by atoms with Gasteiger partial charge in [0.2, 0.25) is 11.8 Å². The van der Waals surface area contributed by atoms with Crippen molar-refractivity contribution in [2.75, 3.05) is 20.6 Å². The van der Waals surface area contributed by atoms with Crippen LogP contribution in [0.4, 0.5) is 0 Å². The van der Waals surface area contributed by atoms with Crippen molar-refractivity contribution in [3.8, 4) is 0 Å². The largest absolute Gasteiger partial charge is 0.347 e. The molecule has 0 spiro atoms. The molecule has 0 bridgehead atoms. The summed E-state index contributed by atoms with van der Waals surface area (Å²) in [5, 5.41) is 0. The van der Waals surface area contributed by atoms with Crippen molar-refractivity contribution in [1.29, 1.82) is 0 Å². The number of rotatable bonds is 4. The van der Waals surface area contributed by atoms with E-state index in [1.807, 2.05) is 31.2 Å². The Labute approximate surface area is 146 Å². The Morgan fingerprint density at radius 3 is 2.40 bits per heavy atom. The lowest BCUT2D eigenvalue weighted by Gasteiger charge is -2.26. The number of likely N-dealkylation sites (tertiary alicyclic amines) is 1. The Hall–Kier alpha value is -2.57. The zero-order chi connectivity index (χ0) is 18.1. The predicted octanol–water partition coefficient (Wildman–Crippen LogP) is 0.902. The van der Waals surface area contributed by atoms with Crippen LogP contribution in [0.15, 0.2) is 29.1 Å². The maximum Gasteiger partial charge on any atom is 0.329 e. The number of carbonyl (C=O) groups excluding carboxylic acids is 2. The fraction of sp³-hybridized carbons (Fsp3) is 0.500. The van der Waals surface area contributed by atoms with Gasteiger partial charge < -0.3 is 9.80 Å². The van der Waals surface area contributed by atoms with Gasteiger partial charge in [-0.15, -0.1) is 0 Å². The summed E-state index contributed by atoms with van der Waals surface area (Å²) < 4.78 is 3.17. The highest BCUT2D eigenvalue weighted by atomic mass is 16.2. The molecular weight excluding hydrogens is 320 g/mol. The van der Waals surface area contributed by atoms with Gasteiger partial charge in [0.25, 0.3) is 0 Å². The van der Waals surface area contributed by atoms with E-state index < -0.39 is 6.04 Å². The molecule has 1 aromatic carbocycles. The third kappa shape index (κ3) is 2.94. The minimum absolute atomic E-state index is 0.0381. The van der Waals surface area contributed by atoms with Crippen molar-refractivity contribution in [1.82, 2.24) is 18.9 Å². The molecule has 134 valence electrons. The number of hydrogen-bond donors (Lipinski definition) is 0. The minimum atomic E-state index is -0.419. The Balaban J connectivity index is 1.91. The topological polar surface area (TPSA) is 67.5 Å². The molecule has 1 aliphatic rings. The number of carbonyl (C=O) groups is 2. The molecule has 0 aliphatic carbocycles. The number of aromatic nitrogens is 2. The number of aryl methyl sites for hydroxylation is 1. The van der Waals surface area contributed by atoms with Gasteiger partial charge in [0.1, 0.15) is 12.6 Å². The van der Waals surface area contributed by atoms with E-state index in [4.69, 9.17) is 0 Å². The lowest BCUT2D eigenvalue weighted by Crippen LogP contribution is -2.47. The summed E-state index contributed by atoms with van der Waals surface area (Å²) in [7, 11) is 3.39. The summed E-state index contributed by atoms with van der Waals surface area (Å²) in [6.45, 7) is 2.98. The van der Waals surface area contributed by atoms with Gasteiger partial charge in [-0.25, -0.2) is 4.79 Å². The van der Waals surface area contributed by atoms with Gasteiger partial charge in [-0.2, -0.15) is 0 Å². The number of hydrogen-bond acceptors (Lipinski definition) is 3. The molecule has 1 unspecified atom stereocenters. The normalized spacial score (nSPS) is 17.2. The zero-order valence-electron chi connectivity index (χ0n) is 14.9. The smallest absolute Gasteiger partial charge is 0.329 e. The maximum atomic E-state index is 12.8. The number of fused-ring (bicyclic) bond motifs is 1. The van der Waals surface area contributed by atoms with Gasteiger partial charge >= 0.3 is 5.69 Å². The highest BCUT2D eigenvalue weighted by Crippen LogP contribution is 2.20. The molecule has 7 heteroatoms. The van der Waals surface area contributed by atoms with E-state index in [0.717, 1.165) is 17.5 Å². The zero-order valence-corrected chi connectivity index (χ0v) is 14.9. The van der Waals surface area contributed by atoms with Crippen LogP contribution < -0.4 is 5.69 Å². The van der Waals surface area contributed by atoms with Crippen molar-refractivity contribution in [3.05, 3.63) is 34.7 Å². The molecule has 1 fully saturated rings. The van der Waals surface area contributed by atoms with Gasteiger partial charge in [0, 0.05) is 27.2 Å². The van der Waals surface area contributed by atoms with Gasteiger partial charge in [-0.1, -0.05) is 12.1 Å². The van der Waals surface area contributed by atoms with Gasteiger partial charge in [0.15, 0.2) is 0 Å². The fourth-order valence-electron chi connectivity index (χ4n) is 3.58. The molecule has 7 nitrogen and oxygen atoms in total. The van der Waals surface area contributed by atoms with Crippen LogP contribution in [-0.4, -0.2) is 57.4 Å². The SMILES string of the molecule is CCn1c(=O)n(CC(=O)N2CCCC2C(=O)N(C)C)c2ccccc21. The van der Waals surface area contributed by atoms with Crippen LogP contribution >= 0.6 is 0 Å². The summed E-state index contributed by atoms with van der Waals surface area (Å²) in [4.78, 5) is 40.9. The summed E-state index contributed by atoms with van der Waals surface area (Å²) in [6.07, 6.45) is 1.48. The molecule has 0 radical (unpaired) electrons. The number of nitrogens with zero attached hydrogens (tertiary/aromatic N) is 4. The quantitative estimate of drug-likeness (QED) is 0.828. The monoisotopic (exact) mass is 344 g/mol. The van der Waals surface area contributed by atoms with E-state index in [2.05, 4.69) is 0 Å². The predicted molar refractivity (Wildman–Crippen MR) is 95.3 cm³/mol. The first-order valence-corrected chi connectivity index (χ1v) is 8.64. The van der Waals surface area contributed by atoms with Gasteiger partial charge in [-0.3, -0.25) is 18.7 Å². The second-order valence-corrected chi connectivity index (χ2v) is 6.58. The van der Waals surface area contributed by atoms with Crippen LogP contribution in [0.2, 0.25) is 0 Å². The molecule has 1 atom stereocenters. The number of amides is 2. The minimum Gasteiger partial charge on any atom is -0.347 e. The van der Waals surface area contributed by atoms with Crippen LogP contribution in [0.5, 0.6) is 0 Å². The van der Waals surface area contributed by atoms with Crippen molar-refractivity contribution in [2.24, 2.45) is 0 Å². The van der Waals surface area contributed by atoms with E-state index in [1.165, 1.54) is 9.47 Å². The average molecular weight is 344 g/mol. The van der Waals surface area contributed by atoms with E-state index in [0.29, 0.717) is 19.5 Å². The van der Waals surface area contributed by atoms with Crippen molar-refractivity contribution in [2.45, 2.75) is 38.9 Å². The highest BCUT2D eigenvalue weighted by Gasteiger charge is 2.35. The molecule has 3 rings (SSSR count). The lowest BCUT2D eigenvalue weighted by molar-refractivity contribution is -0.142. The first kappa shape index (κ1) is 17.3. The van der Waals surface area contributed by atoms with Crippen LogP contribution in [0, 0.1) is 0 Å². The molecule has 2 amide bonds. The second kappa shape index (κ2) is 6.74. The Bertz CT molecular complexity index is 865. The van der Waals surface area contributed by atoms with E-state index in [9.17, 15) is 14.4 Å². The molecule has 0 saturated carbocycles. The Morgan fingerprint density at radius 2 is 1.80 bits per heavy atom. The van der Waals surface area contributed by atoms with Crippen LogP contribution in [0.25, 0.3) is 11.0 Å². The summed E-state index contributed by atoms with van der Waals surface area (Å²) in [6, 6.07) is 7.05. The average Bonchev–Trinajstić information content (AvgIpc) is 3.18. The third-order valence-electron chi connectivity index (χ3n) is 4.83. The Kier molecular flexibility index (Phi) is 4.65. The lowest BCUT2D eigenvalue weighted by atomic mass is 10.2. The van der Waals surface area contributed by atoms with Crippen LogP contribution in [0.1, 0.15) is 19.8 Å². The Morgan fingerprint density at radius 1 is 1.16 bits per heavy atom. The fourth-order valence-corrected chi connectivity index (χ4v) is 3.58. The molecule has 2 heterocycles. The van der Waals surface area contributed by atoms with Crippen LogP contribution in [-0.2, 0) is 22.7 Å². The molecular formula is C18H24N4O3. The summed E-state index contributed by atoms with van der Waals surface area (Å²) >= 11 is 0. The molecule has 1 aliphatic heterocycles. The van der Waals surface area contributed by atoms with E-state index in [-0.39, 0.29) is 24.0 Å². The number of benzene rings is 1. The molecule has 25 heavy (non-hydrogen) atoms. The standard InChI is InChI=1S/C18H24N4O3/c1-4-20-13-8-5-6-9-14(13)22(18(20)25)12-16(23)21-11-7-10-15(21)17(24)19(2)3/h5-6,8-9,15H,4,7,10-12H2,1-3H3. The molecule has 0 N–H and O–H groups in total. The maximum absolute atomic E-state index is 12.8. The summed E-state index contributed by atoms with van der Waals surface area (Å²) in [5.41, 5.74) is 1.38. The second-order valence-electron chi connectivity index (χ2n) is 6.58. The van der Waals surface area contributed by atoms with Crippen molar-refractivity contribution < 1.29 is 9.59 Å². The third-order valence-corrected chi connectivity index (χ3v) is 4.83. The van der Waals surface area contributed by atoms with Crippen molar-refractivity contribution >= 4 is 22.8 Å². The van der Waals surface area contributed by atoms with Gasteiger partial charge in [-0.05, 0) is 31.9 Å². The van der Waals surface area contributed by atoms with Crippen LogP contribution in [0.3, 0.4) is 0 Å². The van der Waals surface area contributed by atoms with E-state index >= 15 is 0 Å². The first-order valence-electron chi connectivity index (χ1n) is 8.64. The van der Waals surface area contributed by atoms with Gasteiger partial charge in [0.05, 0.1) is 11.0 Å². The highest BCUT2D eigenvalue weighted by molar-refractivity contribution is 5.88. The molecule has 1 aromatic heterocycles.